The quantitative estimate of drug-likeness (QED) is 0.509. The predicted molar refractivity (Wildman–Crippen MR) is 50.1 cm³/mol. The van der Waals surface area contributed by atoms with E-state index in [4.69, 9.17) is 0 Å². The molecular weight excluding hydrogens is 152 g/mol. The van der Waals surface area contributed by atoms with E-state index < -0.39 is 0 Å². The van der Waals surface area contributed by atoms with Crippen molar-refractivity contribution in [3.63, 3.8) is 0 Å². The van der Waals surface area contributed by atoms with Crippen molar-refractivity contribution < 1.29 is 9.90 Å². The lowest BCUT2D eigenvalue weighted by molar-refractivity contribution is -0.112. The summed E-state index contributed by atoms with van der Waals surface area (Å²) in [7, 11) is 0. The van der Waals surface area contributed by atoms with Crippen LogP contribution in [-0.2, 0) is 4.79 Å². The highest BCUT2D eigenvalue weighted by Gasteiger charge is 2.06. The van der Waals surface area contributed by atoms with Gasteiger partial charge in [0.25, 0.3) is 0 Å². The van der Waals surface area contributed by atoms with Crippen LogP contribution in [-0.4, -0.2) is 10.9 Å². The van der Waals surface area contributed by atoms with Crippen LogP contribution < -0.4 is 0 Å². The Hall–Kier alpha value is -0.790. The second-order valence-electron chi connectivity index (χ2n) is 3.22. The van der Waals surface area contributed by atoms with Gasteiger partial charge in [0, 0.05) is 12.0 Å². The van der Waals surface area contributed by atoms with E-state index in [0.29, 0.717) is 0 Å². The summed E-state index contributed by atoms with van der Waals surface area (Å²) in [6, 6.07) is 0. The fraction of sp³-hybridized carbons (Fsp3) is 0.700. The van der Waals surface area contributed by atoms with Gasteiger partial charge in [0.15, 0.2) is 5.78 Å². The fourth-order valence-corrected chi connectivity index (χ4v) is 1.01. The lowest BCUT2D eigenvalue weighted by Crippen LogP contribution is -2.00. The molecule has 70 valence electrons. The molecule has 0 aliphatic carbocycles. The molecule has 0 saturated heterocycles. The molecule has 0 aliphatic heterocycles. The Labute approximate surface area is 74.3 Å². The van der Waals surface area contributed by atoms with Gasteiger partial charge >= 0.3 is 0 Å². The molecule has 0 bridgehead atoms. The molecular formula is C10H18O2. The molecule has 0 aromatic heterocycles. The molecule has 0 aliphatic rings. The number of carbonyl (C=O) groups excluding carboxylic acids is 1. The van der Waals surface area contributed by atoms with Gasteiger partial charge in [-0.2, -0.15) is 0 Å². The van der Waals surface area contributed by atoms with Gasteiger partial charge in [-0.25, -0.2) is 0 Å². The molecule has 0 heterocycles. The lowest BCUT2D eigenvalue weighted by atomic mass is 10.0. The molecule has 0 spiro atoms. The Kier molecular flexibility index (Phi) is 5.43. The second-order valence-corrected chi connectivity index (χ2v) is 3.22. The van der Waals surface area contributed by atoms with E-state index in [0.717, 1.165) is 19.3 Å². The molecule has 12 heavy (non-hydrogen) atoms. The summed E-state index contributed by atoms with van der Waals surface area (Å²) in [5, 5.41) is 9.36. The Bertz CT molecular complexity index is 171. The number of aliphatic hydroxyl groups is 1. The van der Waals surface area contributed by atoms with Gasteiger partial charge in [-0.15, -0.1) is 0 Å². The summed E-state index contributed by atoms with van der Waals surface area (Å²) >= 11 is 0. The SMILES string of the molecule is CCCCC(C)/C(O)=C/C(C)=O. The first-order valence-electron chi connectivity index (χ1n) is 4.49. The van der Waals surface area contributed by atoms with Gasteiger partial charge in [-0.3, -0.25) is 4.79 Å². The van der Waals surface area contributed by atoms with Crippen LogP contribution in [0.2, 0.25) is 0 Å². The largest absolute Gasteiger partial charge is 0.512 e. The van der Waals surface area contributed by atoms with Crippen LogP contribution in [0.5, 0.6) is 0 Å². The number of ketones is 1. The van der Waals surface area contributed by atoms with Gasteiger partial charge < -0.3 is 5.11 Å². The number of hydrogen-bond acceptors (Lipinski definition) is 2. The molecule has 0 rings (SSSR count). The van der Waals surface area contributed by atoms with Crippen molar-refractivity contribution in [1.29, 1.82) is 0 Å². The summed E-state index contributed by atoms with van der Waals surface area (Å²) in [5.41, 5.74) is 0. The number of carbonyl (C=O) groups is 1. The van der Waals surface area contributed by atoms with Crippen molar-refractivity contribution in [3.05, 3.63) is 11.8 Å². The first-order valence-corrected chi connectivity index (χ1v) is 4.49. The van der Waals surface area contributed by atoms with Crippen molar-refractivity contribution in [2.75, 3.05) is 0 Å². The molecule has 0 aromatic carbocycles. The third-order valence-electron chi connectivity index (χ3n) is 1.85. The van der Waals surface area contributed by atoms with Crippen LogP contribution in [0.4, 0.5) is 0 Å². The van der Waals surface area contributed by atoms with Crippen molar-refractivity contribution in [3.8, 4) is 0 Å². The van der Waals surface area contributed by atoms with Crippen LogP contribution in [0, 0.1) is 5.92 Å². The van der Waals surface area contributed by atoms with Crippen LogP contribution in [0.15, 0.2) is 11.8 Å². The van der Waals surface area contributed by atoms with E-state index in [1.165, 1.54) is 13.0 Å². The van der Waals surface area contributed by atoms with E-state index in [1.807, 2.05) is 6.92 Å². The van der Waals surface area contributed by atoms with Gasteiger partial charge in [-0.05, 0) is 13.3 Å². The minimum absolute atomic E-state index is 0.0872. The smallest absolute Gasteiger partial charge is 0.155 e. The maximum absolute atomic E-state index is 10.6. The minimum Gasteiger partial charge on any atom is -0.512 e. The van der Waals surface area contributed by atoms with Crippen LogP contribution in [0.3, 0.4) is 0 Å². The highest BCUT2D eigenvalue weighted by molar-refractivity contribution is 5.87. The standard InChI is InChI=1S/C10H18O2/c1-4-5-6-8(2)10(12)7-9(3)11/h7-8,12H,4-6H2,1-3H3/b10-7-. The van der Waals surface area contributed by atoms with Crippen LogP contribution in [0.25, 0.3) is 0 Å². The van der Waals surface area contributed by atoms with Crippen molar-refractivity contribution in [2.45, 2.75) is 40.0 Å². The van der Waals surface area contributed by atoms with Crippen molar-refractivity contribution in [2.24, 2.45) is 5.92 Å². The highest BCUT2D eigenvalue weighted by atomic mass is 16.3. The molecule has 0 fully saturated rings. The highest BCUT2D eigenvalue weighted by Crippen LogP contribution is 2.14. The number of allylic oxidation sites excluding steroid dienone is 2. The first kappa shape index (κ1) is 11.2. The van der Waals surface area contributed by atoms with Crippen molar-refractivity contribution in [1.82, 2.24) is 0 Å². The molecule has 0 saturated carbocycles. The van der Waals surface area contributed by atoms with Gasteiger partial charge in [0.2, 0.25) is 0 Å². The van der Waals surface area contributed by atoms with E-state index in [-0.39, 0.29) is 17.5 Å². The summed E-state index contributed by atoms with van der Waals surface area (Å²) in [4.78, 5) is 10.6. The fourth-order valence-electron chi connectivity index (χ4n) is 1.01. The number of hydrogen-bond donors (Lipinski definition) is 1. The Balaban J connectivity index is 3.91. The van der Waals surface area contributed by atoms with Gasteiger partial charge in [0.05, 0.1) is 5.76 Å². The normalized spacial score (nSPS) is 14.4. The van der Waals surface area contributed by atoms with E-state index >= 15 is 0 Å². The van der Waals surface area contributed by atoms with E-state index in [2.05, 4.69) is 6.92 Å². The summed E-state index contributed by atoms with van der Waals surface area (Å²) < 4.78 is 0. The number of rotatable bonds is 5. The zero-order chi connectivity index (χ0) is 9.56. The summed E-state index contributed by atoms with van der Waals surface area (Å²) in [6.07, 6.45) is 4.47. The number of unbranched alkanes of at least 4 members (excludes halogenated alkanes) is 1. The maximum Gasteiger partial charge on any atom is 0.155 e. The maximum atomic E-state index is 10.6. The molecule has 2 heteroatoms. The lowest BCUT2D eigenvalue weighted by Gasteiger charge is -2.08. The zero-order valence-corrected chi connectivity index (χ0v) is 8.13. The Morgan fingerprint density at radius 3 is 2.58 bits per heavy atom. The molecule has 0 amide bonds. The van der Waals surface area contributed by atoms with Crippen LogP contribution >= 0.6 is 0 Å². The predicted octanol–water partition coefficient (Wildman–Crippen LogP) is 2.84. The van der Waals surface area contributed by atoms with Gasteiger partial charge in [-0.1, -0.05) is 26.7 Å². The zero-order valence-electron chi connectivity index (χ0n) is 8.13. The average molecular weight is 170 g/mol. The molecule has 2 nitrogen and oxygen atoms in total. The third kappa shape index (κ3) is 4.94. The molecule has 0 radical (unpaired) electrons. The molecule has 1 N–H and O–H groups in total. The molecule has 1 unspecified atom stereocenters. The topological polar surface area (TPSA) is 37.3 Å². The van der Waals surface area contributed by atoms with E-state index in [9.17, 15) is 9.90 Å². The first-order chi connectivity index (χ1) is 5.57. The number of aliphatic hydroxyl groups excluding tert-OH is 1. The third-order valence-corrected chi connectivity index (χ3v) is 1.85. The molecule has 0 aromatic rings. The monoisotopic (exact) mass is 170 g/mol. The Morgan fingerprint density at radius 1 is 1.58 bits per heavy atom. The molecule has 1 atom stereocenters. The van der Waals surface area contributed by atoms with Gasteiger partial charge in [0.1, 0.15) is 0 Å². The van der Waals surface area contributed by atoms with Crippen molar-refractivity contribution >= 4 is 5.78 Å². The summed E-state index contributed by atoms with van der Waals surface area (Å²) in [6.45, 7) is 5.49. The van der Waals surface area contributed by atoms with Crippen LogP contribution in [0.1, 0.15) is 40.0 Å². The average Bonchev–Trinajstić information content (AvgIpc) is 1.98. The Morgan fingerprint density at radius 2 is 2.17 bits per heavy atom. The minimum atomic E-state index is -0.0872. The summed E-state index contributed by atoms with van der Waals surface area (Å²) in [5.74, 6) is 0.251. The van der Waals surface area contributed by atoms with E-state index in [1.54, 1.807) is 0 Å². The second kappa shape index (κ2) is 5.81.